The predicted octanol–water partition coefficient (Wildman–Crippen LogP) is 3.77. The molecule has 0 bridgehead atoms. The van der Waals surface area contributed by atoms with Gasteiger partial charge in [-0.2, -0.15) is 4.80 Å². The molecular formula is C22H16Cl2N6O2. The molecule has 0 aliphatic carbocycles. The summed E-state index contributed by atoms with van der Waals surface area (Å²) in [5, 5.41) is 12.9. The molecule has 0 atom stereocenters. The number of rotatable bonds is 5. The van der Waals surface area contributed by atoms with E-state index in [1.54, 1.807) is 36.4 Å². The van der Waals surface area contributed by atoms with Gasteiger partial charge in [0.15, 0.2) is 0 Å². The number of hydrogen-bond donors (Lipinski definition) is 2. The standard InChI is InChI=1S/C22H16Cl2N6O2/c23-18-8-4-7-17(19(18)24)22(32)27-26-21(31)16-11-9-14(10-12-16)13-30-28-20(25-29-30)15-5-2-1-3-6-15/h1-12H,13H2,(H,26,31)(H,27,32). The molecule has 0 saturated heterocycles. The normalized spacial score (nSPS) is 10.6. The van der Waals surface area contributed by atoms with Crippen LogP contribution >= 0.6 is 23.2 Å². The zero-order valence-corrected chi connectivity index (χ0v) is 18.0. The molecule has 2 N–H and O–H groups in total. The summed E-state index contributed by atoms with van der Waals surface area (Å²) < 4.78 is 0. The van der Waals surface area contributed by atoms with Gasteiger partial charge in [-0.05, 0) is 35.0 Å². The zero-order chi connectivity index (χ0) is 22.5. The predicted molar refractivity (Wildman–Crippen MR) is 120 cm³/mol. The number of halogens is 2. The van der Waals surface area contributed by atoms with Gasteiger partial charge in [-0.3, -0.25) is 20.4 Å². The number of carbonyl (C=O) groups is 2. The topological polar surface area (TPSA) is 102 Å². The van der Waals surface area contributed by atoms with Gasteiger partial charge in [0, 0.05) is 11.1 Å². The summed E-state index contributed by atoms with van der Waals surface area (Å²) in [7, 11) is 0. The van der Waals surface area contributed by atoms with Crippen molar-refractivity contribution < 1.29 is 9.59 Å². The summed E-state index contributed by atoms with van der Waals surface area (Å²) in [5.74, 6) is -0.514. The van der Waals surface area contributed by atoms with Crippen LogP contribution in [0.2, 0.25) is 10.0 Å². The van der Waals surface area contributed by atoms with Crippen LogP contribution in [-0.2, 0) is 6.54 Å². The maximum absolute atomic E-state index is 12.3. The van der Waals surface area contributed by atoms with Crippen molar-refractivity contribution in [3.8, 4) is 11.4 Å². The van der Waals surface area contributed by atoms with Crippen LogP contribution < -0.4 is 10.9 Å². The lowest BCUT2D eigenvalue weighted by Crippen LogP contribution is -2.41. The third-order valence-electron chi connectivity index (χ3n) is 4.51. The first-order valence-corrected chi connectivity index (χ1v) is 10.2. The first-order chi connectivity index (χ1) is 15.5. The van der Waals surface area contributed by atoms with Gasteiger partial charge in [0.2, 0.25) is 5.82 Å². The largest absolute Gasteiger partial charge is 0.271 e. The number of hydrogen-bond acceptors (Lipinski definition) is 5. The molecule has 1 aromatic heterocycles. The van der Waals surface area contributed by atoms with E-state index in [4.69, 9.17) is 23.2 Å². The minimum atomic E-state index is -0.575. The van der Waals surface area contributed by atoms with Crippen molar-refractivity contribution >= 4 is 35.0 Å². The number of tetrazole rings is 1. The molecule has 0 aliphatic heterocycles. The van der Waals surface area contributed by atoms with Crippen molar-refractivity contribution in [1.29, 1.82) is 0 Å². The van der Waals surface area contributed by atoms with Crippen LogP contribution in [0.15, 0.2) is 72.8 Å². The number of amides is 2. The van der Waals surface area contributed by atoms with Crippen molar-refractivity contribution in [3.63, 3.8) is 0 Å². The molecule has 2 amide bonds. The van der Waals surface area contributed by atoms with Crippen LogP contribution in [0.25, 0.3) is 11.4 Å². The zero-order valence-electron chi connectivity index (χ0n) is 16.5. The van der Waals surface area contributed by atoms with Gasteiger partial charge in [-0.25, -0.2) is 0 Å². The van der Waals surface area contributed by atoms with Gasteiger partial charge in [-0.1, -0.05) is 71.7 Å². The molecule has 3 aromatic carbocycles. The van der Waals surface area contributed by atoms with Crippen molar-refractivity contribution in [2.75, 3.05) is 0 Å². The second-order valence-corrected chi connectivity index (χ2v) is 7.50. The Labute approximate surface area is 193 Å². The molecule has 1 heterocycles. The van der Waals surface area contributed by atoms with Gasteiger partial charge in [0.05, 0.1) is 22.2 Å². The van der Waals surface area contributed by atoms with Crippen molar-refractivity contribution in [3.05, 3.63) is 99.5 Å². The highest BCUT2D eigenvalue weighted by Gasteiger charge is 2.14. The number of benzene rings is 3. The summed E-state index contributed by atoms with van der Waals surface area (Å²) in [6.07, 6.45) is 0. The highest BCUT2D eigenvalue weighted by Crippen LogP contribution is 2.25. The fraction of sp³-hybridized carbons (Fsp3) is 0.0455. The number of hydrazine groups is 1. The molecule has 0 spiro atoms. The molecule has 8 nitrogen and oxygen atoms in total. The fourth-order valence-electron chi connectivity index (χ4n) is 2.87. The summed E-state index contributed by atoms with van der Waals surface area (Å²) in [6.45, 7) is 0.395. The van der Waals surface area contributed by atoms with Crippen LogP contribution in [0, 0.1) is 0 Å². The van der Waals surface area contributed by atoms with E-state index >= 15 is 0 Å². The third kappa shape index (κ3) is 4.93. The molecular weight excluding hydrogens is 451 g/mol. The van der Waals surface area contributed by atoms with E-state index in [2.05, 4.69) is 26.3 Å². The molecule has 4 aromatic rings. The monoisotopic (exact) mass is 466 g/mol. The molecule has 4 rings (SSSR count). The second-order valence-electron chi connectivity index (χ2n) is 6.72. The van der Waals surface area contributed by atoms with E-state index in [1.165, 1.54) is 10.9 Å². The Bertz CT molecular complexity index is 1260. The summed E-state index contributed by atoms with van der Waals surface area (Å²) in [6, 6.07) is 21.0. The Morgan fingerprint density at radius 1 is 0.844 bits per heavy atom. The van der Waals surface area contributed by atoms with Crippen LogP contribution in [0.1, 0.15) is 26.3 Å². The molecule has 0 aliphatic rings. The lowest BCUT2D eigenvalue weighted by molar-refractivity contribution is 0.0846. The minimum absolute atomic E-state index is 0.113. The Kier molecular flexibility index (Phi) is 6.44. The fourth-order valence-corrected chi connectivity index (χ4v) is 3.26. The molecule has 32 heavy (non-hydrogen) atoms. The quantitative estimate of drug-likeness (QED) is 0.435. The SMILES string of the molecule is O=C(NNC(=O)c1cccc(Cl)c1Cl)c1ccc(Cn2nnc(-c3ccccc3)n2)cc1. The van der Waals surface area contributed by atoms with E-state index in [-0.39, 0.29) is 15.6 Å². The minimum Gasteiger partial charge on any atom is -0.267 e. The van der Waals surface area contributed by atoms with Gasteiger partial charge >= 0.3 is 0 Å². The van der Waals surface area contributed by atoms with E-state index in [1.807, 2.05) is 30.3 Å². The summed E-state index contributed by atoms with van der Waals surface area (Å²) >= 11 is 11.9. The lowest BCUT2D eigenvalue weighted by Gasteiger charge is -2.09. The number of nitrogens with zero attached hydrogens (tertiary/aromatic N) is 4. The van der Waals surface area contributed by atoms with Crippen LogP contribution in [-0.4, -0.2) is 32.0 Å². The average Bonchev–Trinajstić information content (AvgIpc) is 3.28. The Morgan fingerprint density at radius 2 is 1.56 bits per heavy atom. The van der Waals surface area contributed by atoms with Gasteiger partial charge in [-0.15, -0.1) is 10.2 Å². The van der Waals surface area contributed by atoms with Crippen molar-refractivity contribution in [1.82, 2.24) is 31.1 Å². The highest BCUT2D eigenvalue weighted by molar-refractivity contribution is 6.43. The maximum Gasteiger partial charge on any atom is 0.271 e. The maximum atomic E-state index is 12.3. The molecule has 0 unspecified atom stereocenters. The average molecular weight is 467 g/mol. The molecule has 0 fully saturated rings. The first-order valence-electron chi connectivity index (χ1n) is 9.48. The van der Waals surface area contributed by atoms with Crippen LogP contribution in [0.4, 0.5) is 0 Å². The first kappa shape index (κ1) is 21.5. The number of aromatic nitrogens is 4. The Hall–Kier alpha value is -3.75. The van der Waals surface area contributed by atoms with Gasteiger partial charge in [0.25, 0.3) is 11.8 Å². The number of nitrogens with one attached hydrogen (secondary N) is 2. The molecule has 160 valence electrons. The Balaban J connectivity index is 1.35. The highest BCUT2D eigenvalue weighted by atomic mass is 35.5. The lowest BCUT2D eigenvalue weighted by atomic mass is 10.1. The van der Waals surface area contributed by atoms with Crippen molar-refractivity contribution in [2.45, 2.75) is 6.54 Å². The van der Waals surface area contributed by atoms with Crippen molar-refractivity contribution in [2.24, 2.45) is 0 Å². The van der Waals surface area contributed by atoms with Crippen LogP contribution in [0.5, 0.6) is 0 Å². The van der Waals surface area contributed by atoms with E-state index in [9.17, 15) is 9.59 Å². The summed E-state index contributed by atoms with van der Waals surface area (Å²) in [4.78, 5) is 26.0. The van der Waals surface area contributed by atoms with Gasteiger partial charge in [0.1, 0.15) is 0 Å². The smallest absolute Gasteiger partial charge is 0.267 e. The number of carbonyl (C=O) groups excluding carboxylic acids is 2. The van der Waals surface area contributed by atoms with E-state index < -0.39 is 11.8 Å². The molecule has 0 radical (unpaired) electrons. The summed E-state index contributed by atoms with van der Waals surface area (Å²) in [5.41, 5.74) is 6.96. The molecule has 0 saturated carbocycles. The Morgan fingerprint density at radius 3 is 2.31 bits per heavy atom. The van der Waals surface area contributed by atoms with E-state index in [0.717, 1.165) is 11.1 Å². The van der Waals surface area contributed by atoms with E-state index in [0.29, 0.717) is 17.9 Å². The second kappa shape index (κ2) is 9.59. The van der Waals surface area contributed by atoms with Crippen LogP contribution in [0.3, 0.4) is 0 Å². The third-order valence-corrected chi connectivity index (χ3v) is 5.33. The van der Waals surface area contributed by atoms with Gasteiger partial charge < -0.3 is 0 Å². The molecule has 10 heteroatoms.